The summed E-state index contributed by atoms with van der Waals surface area (Å²) in [6.45, 7) is 8.39. The van der Waals surface area contributed by atoms with E-state index in [-0.39, 0.29) is 48.9 Å². The van der Waals surface area contributed by atoms with Crippen LogP contribution in [0.1, 0.15) is 26.3 Å². The Hall–Kier alpha value is -3.66. The van der Waals surface area contributed by atoms with Crippen molar-refractivity contribution in [3.8, 4) is 0 Å². The fourth-order valence-electron chi connectivity index (χ4n) is 3.95. The number of carbonyl (C=O) groups is 3. The van der Waals surface area contributed by atoms with Gasteiger partial charge in [0.25, 0.3) is 0 Å². The molecule has 10 heteroatoms. The average molecular weight is 514 g/mol. The summed E-state index contributed by atoms with van der Waals surface area (Å²) in [5, 5.41) is 5.82. The minimum atomic E-state index is -0.368. The van der Waals surface area contributed by atoms with E-state index in [1.807, 2.05) is 49.9 Å². The van der Waals surface area contributed by atoms with Crippen LogP contribution >= 0.6 is 0 Å². The minimum Gasteiger partial charge on any atom is -0.375 e. The molecule has 0 spiro atoms. The molecule has 200 valence electrons. The van der Waals surface area contributed by atoms with E-state index in [0.29, 0.717) is 37.4 Å². The molecular formula is C27H36FN5O4. The van der Waals surface area contributed by atoms with E-state index in [2.05, 4.69) is 15.5 Å². The van der Waals surface area contributed by atoms with Gasteiger partial charge in [-0.2, -0.15) is 0 Å². The van der Waals surface area contributed by atoms with Crippen molar-refractivity contribution >= 4 is 29.2 Å². The van der Waals surface area contributed by atoms with Crippen molar-refractivity contribution in [1.82, 2.24) is 15.1 Å². The Kier molecular flexibility index (Phi) is 9.46. The SMILES string of the molecule is COCC(=O)N(CC(=O)Nc1ccc(N2CCN(C(=O)NC(C)(C)C)CC2)cc1)Cc1ccc(F)cc1. The highest BCUT2D eigenvalue weighted by atomic mass is 19.1. The molecule has 0 aliphatic carbocycles. The first-order valence-electron chi connectivity index (χ1n) is 12.3. The third-order valence-corrected chi connectivity index (χ3v) is 5.81. The molecule has 0 bridgehead atoms. The monoisotopic (exact) mass is 513 g/mol. The maximum absolute atomic E-state index is 13.2. The second kappa shape index (κ2) is 12.5. The molecule has 9 nitrogen and oxygen atoms in total. The molecular weight excluding hydrogens is 477 g/mol. The van der Waals surface area contributed by atoms with Crippen molar-refractivity contribution in [2.45, 2.75) is 32.9 Å². The van der Waals surface area contributed by atoms with Gasteiger partial charge in [-0.25, -0.2) is 9.18 Å². The normalized spacial score (nSPS) is 13.8. The number of methoxy groups -OCH3 is 1. The topological polar surface area (TPSA) is 94.2 Å². The van der Waals surface area contributed by atoms with Gasteiger partial charge in [-0.3, -0.25) is 9.59 Å². The number of rotatable bonds is 8. The van der Waals surface area contributed by atoms with E-state index in [0.717, 1.165) is 5.69 Å². The number of carbonyl (C=O) groups excluding carboxylic acids is 3. The Bertz CT molecular complexity index is 1060. The van der Waals surface area contributed by atoms with Crippen LogP contribution in [0, 0.1) is 5.82 Å². The lowest BCUT2D eigenvalue weighted by atomic mass is 10.1. The summed E-state index contributed by atoms with van der Waals surface area (Å²) in [5.41, 5.74) is 2.04. The molecule has 0 atom stereocenters. The van der Waals surface area contributed by atoms with Crippen molar-refractivity contribution < 1.29 is 23.5 Å². The summed E-state index contributed by atoms with van der Waals surface area (Å²) < 4.78 is 18.2. The van der Waals surface area contributed by atoms with Crippen LogP contribution < -0.4 is 15.5 Å². The van der Waals surface area contributed by atoms with Crippen LogP contribution in [-0.2, 0) is 20.9 Å². The molecule has 4 amide bonds. The number of hydrogen-bond acceptors (Lipinski definition) is 5. The number of halogens is 1. The molecule has 1 heterocycles. The van der Waals surface area contributed by atoms with Crippen LogP contribution in [0.2, 0.25) is 0 Å². The molecule has 0 unspecified atom stereocenters. The number of anilines is 2. The van der Waals surface area contributed by atoms with Gasteiger partial charge in [-0.1, -0.05) is 12.1 Å². The van der Waals surface area contributed by atoms with E-state index in [4.69, 9.17) is 4.74 Å². The van der Waals surface area contributed by atoms with Crippen LogP contribution in [0.25, 0.3) is 0 Å². The zero-order valence-electron chi connectivity index (χ0n) is 21.9. The largest absolute Gasteiger partial charge is 0.375 e. The number of urea groups is 1. The minimum absolute atomic E-state index is 0.0531. The number of nitrogens with zero attached hydrogens (tertiary/aromatic N) is 3. The number of ether oxygens (including phenoxy) is 1. The second-order valence-electron chi connectivity index (χ2n) is 10.1. The predicted molar refractivity (Wildman–Crippen MR) is 141 cm³/mol. The van der Waals surface area contributed by atoms with Crippen molar-refractivity contribution in [3.63, 3.8) is 0 Å². The summed E-state index contributed by atoms with van der Waals surface area (Å²) in [4.78, 5) is 42.9. The fourth-order valence-corrected chi connectivity index (χ4v) is 3.95. The molecule has 0 saturated carbocycles. The number of nitrogens with one attached hydrogen (secondary N) is 2. The molecule has 37 heavy (non-hydrogen) atoms. The van der Waals surface area contributed by atoms with Gasteiger partial charge in [0.1, 0.15) is 19.0 Å². The van der Waals surface area contributed by atoms with Gasteiger partial charge in [-0.15, -0.1) is 0 Å². The Morgan fingerprint density at radius 2 is 1.59 bits per heavy atom. The van der Waals surface area contributed by atoms with Crippen LogP contribution in [-0.4, -0.2) is 79.6 Å². The first-order valence-corrected chi connectivity index (χ1v) is 12.3. The summed E-state index contributed by atoms with van der Waals surface area (Å²) in [6, 6.07) is 13.2. The molecule has 3 rings (SSSR count). The van der Waals surface area contributed by atoms with Crippen LogP contribution in [0.5, 0.6) is 0 Å². The highest BCUT2D eigenvalue weighted by Crippen LogP contribution is 2.20. The Labute approximate surface area is 217 Å². The first-order chi connectivity index (χ1) is 17.5. The van der Waals surface area contributed by atoms with Gasteiger partial charge in [0.05, 0.1) is 0 Å². The lowest BCUT2D eigenvalue weighted by molar-refractivity contribution is -0.138. The number of piperazine rings is 1. The standard InChI is InChI=1S/C27H36FN5O4/c1-27(2,3)30-26(36)32-15-13-31(14-16-32)23-11-9-22(10-12-23)29-24(34)18-33(25(35)19-37-4)17-20-5-7-21(28)8-6-20/h5-12H,13-19H2,1-4H3,(H,29,34)(H,30,36). The summed E-state index contributed by atoms with van der Waals surface area (Å²) in [7, 11) is 1.41. The van der Waals surface area contributed by atoms with Crippen LogP contribution in [0.3, 0.4) is 0 Å². The zero-order valence-corrected chi connectivity index (χ0v) is 21.9. The molecule has 2 aromatic carbocycles. The predicted octanol–water partition coefficient (Wildman–Crippen LogP) is 3.07. The van der Waals surface area contributed by atoms with E-state index in [9.17, 15) is 18.8 Å². The molecule has 1 saturated heterocycles. The smallest absolute Gasteiger partial charge is 0.317 e. The Morgan fingerprint density at radius 1 is 0.973 bits per heavy atom. The number of benzene rings is 2. The van der Waals surface area contributed by atoms with Crippen LogP contribution in [0.4, 0.5) is 20.6 Å². The molecule has 1 aliphatic rings. The van der Waals surface area contributed by atoms with Crippen molar-refractivity contribution in [3.05, 3.63) is 59.9 Å². The molecule has 1 fully saturated rings. The highest BCUT2D eigenvalue weighted by Gasteiger charge is 2.24. The Balaban J connectivity index is 1.54. The third kappa shape index (κ3) is 8.75. The van der Waals surface area contributed by atoms with E-state index < -0.39 is 0 Å². The quantitative estimate of drug-likeness (QED) is 0.566. The first kappa shape index (κ1) is 27.9. The van der Waals surface area contributed by atoms with Crippen molar-refractivity contribution in [2.75, 3.05) is 56.7 Å². The fraction of sp³-hybridized carbons (Fsp3) is 0.444. The average Bonchev–Trinajstić information content (AvgIpc) is 2.84. The molecule has 2 N–H and O–H groups in total. The maximum atomic E-state index is 13.2. The summed E-state index contributed by atoms with van der Waals surface area (Å²) in [5.74, 6) is -1.06. The molecule has 0 radical (unpaired) electrons. The molecule has 1 aliphatic heterocycles. The van der Waals surface area contributed by atoms with Crippen molar-refractivity contribution in [1.29, 1.82) is 0 Å². The second-order valence-corrected chi connectivity index (χ2v) is 10.1. The van der Waals surface area contributed by atoms with Gasteiger partial charge in [0.15, 0.2) is 0 Å². The van der Waals surface area contributed by atoms with Crippen LogP contribution in [0.15, 0.2) is 48.5 Å². The van der Waals surface area contributed by atoms with E-state index >= 15 is 0 Å². The van der Waals surface area contributed by atoms with E-state index in [1.165, 1.54) is 24.1 Å². The summed E-state index contributed by atoms with van der Waals surface area (Å²) >= 11 is 0. The van der Waals surface area contributed by atoms with Gasteiger partial charge < -0.3 is 30.1 Å². The van der Waals surface area contributed by atoms with E-state index in [1.54, 1.807) is 12.1 Å². The zero-order chi connectivity index (χ0) is 27.0. The third-order valence-electron chi connectivity index (χ3n) is 5.81. The number of hydrogen-bond donors (Lipinski definition) is 2. The van der Waals surface area contributed by atoms with Gasteiger partial charge in [0.2, 0.25) is 11.8 Å². The maximum Gasteiger partial charge on any atom is 0.317 e. The molecule has 2 aromatic rings. The lowest BCUT2D eigenvalue weighted by Gasteiger charge is -2.37. The lowest BCUT2D eigenvalue weighted by Crippen LogP contribution is -2.55. The van der Waals surface area contributed by atoms with Crippen molar-refractivity contribution in [2.24, 2.45) is 0 Å². The summed E-state index contributed by atoms with van der Waals surface area (Å²) in [6.07, 6.45) is 0. The number of amides is 4. The molecule has 0 aromatic heterocycles. The Morgan fingerprint density at radius 3 is 2.16 bits per heavy atom. The van der Waals surface area contributed by atoms with Gasteiger partial charge in [-0.05, 0) is 62.7 Å². The van der Waals surface area contributed by atoms with Gasteiger partial charge in [0, 0.05) is 56.7 Å². The highest BCUT2D eigenvalue weighted by molar-refractivity contribution is 5.94. The van der Waals surface area contributed by atoms with Gasteiger partial charge >= 0.3 is 6.03 Å².